The zero-order valence-corrected chi connectivity index (χ0v) is 17.9. The van der Waals surface area contributed by atoms with Gasteiger partial charge in [-0.1, -0.05) is 42.0 Å². The van der Waals surface area contributed by atoms with Crippen molar-refractivity contribution in [3.05, 3.63) is 47.5 Å². The monoisotopic (exact) mass is 402 g/mol. The Kier molecular flexibility index (Phi) is 4.36. The molecule has 0 spiro atoms. The Hall–Kier alpha value is -1.74. The van der Waals surface area contributed by atoms with Crippen LogP contribution in [0.1, 0.15) is 69.8 Å². The average molecular weight is 403 g/mol. The fraction of sp³-hybridized carbons (Fsp3) is 0.630. The molecule has 158 valence electrons. The quantitative estimate of drug-likeness (QED) is 0.556. The smallest absolute Gasteiger partial charge is 0.252 e. The lowest BCUT2D eigenvalue weighted by Gasteiger charge is -2.41. The Balaban J connectivity index is 1.31. The molecule has 6 aliphatic rings. The molecule has 30 heavy (non-hydrogen) atoms. The number of rotatable bonds is 4. The highest BCUT2D eigenvalue weighted by molar-refractivity contribution is 5.92. The van der Waals surface area contributed by atoms with Crippen molar-refractivity contribution in [2.24, 2.45) is 39.8 Å². The van der Waals surface area contributed by atoms with Crippen molar-refractivity contribution in [3.63, 3.8) is 0 Å². The number of amides is 1. The molecule has 6 saturated carbocycles. The Morgan fingerprint density at radius 1 is 0.967 bits per heavy atom. The summed E-state index contributed by atoms with van der Waals surface area (Å²) in [6.07, 6.45) is 16.0. The summed E-state index contributed by atoms with van der Waals surface area (Å²) < 4.78 is 0. The second-order valence-electron chi connectivity index (χ2n) is 11.1. The van der Waals surface area contributed by atoms with Gasteiger partial charge in [0.25, 0.3) is 5.91 Å². The van der Waals surface area contributed by atoms with Crippen molar-refractivity contribution < 1.29 is 4.79 Å². The Bertz CT molecular complexity index is 893. The maximum atomic E-state index is 13.7. The lowest BCUT2D eigenvalue weighted by Crippen LogP contribution is -2.37. The highest BCUT2D eigenvalue weighted by Crippen LogP contribution is 2.73. The van der Waals surface area contributed by atoms with Gasteiger partial charge in [0, 0.05) is 12.3 Å². The van der Waals surface area contributed by atoms with Crippen molar-refractivity contribution in [2.45, 2.75) is 75.7 Å². The summed E-state index contributed by atoms with van der Waals surface area (Å²) in [6.45, 7) is 0. The lowest BCUT2D eigenvalue weighted by molar-refractivity contribution is -0.129. The third kappa shape index (κ3) is 2.96. The van der Waals surface area contributed by atoms with Crippen molar-refractivity contribution >= 4 is 12.1 Å². The Morgan fingerprint density at radius 2 is 1.70 bits per heavy atom. The molecule has 6 fully saturated rings. The fourth-order valence-electron chi connectivity index (χ4n) is 7.52. The van der Waals surface area contributed by atoms with Gasteiger partial charge in [-0.15, -0.1) is 0 Å². The summed E-state index contributed by atoms with van der Waals surface area (Å²) in [7, 11) is 0. The number of aliphatic imine (C=N–C) groups is 1. The van der Waals surface area contributed by atoms with Gasteiger partial charge in [-0.3, -0.25) is 4.79 Å². The molecule has 1 amide bonds. The second-order valence-corrected chi connectivity index (χ2v) is 11.1. The molecule has 3 nitrogen and oxygen atoms in total. The highest BCUT2D eigenvalue weighted by Gasteiger charge is 2.69. The van der Waals surface area contributed by atoms with E-state index in [2.05, 4.69) is 41.4 Å². The number of hydrogen-bond donors (Lipinski definition) is 1. The summed E-state index contributed by atoms with van der Waals surface area (Å²) in [5.41, 5.74) is 9.07. The topological polar surface area (TPSA) is 55.4 Å². The van der Waals surface area contributed by atoms with Gasteiger partial charge in [0.15, 0.2) is 0 Å². The molecule has 0 heterocycles. The van der Waals surface area contributed by atoms with Crippen molar-refractivity contribution in [3.8, 4) is 0 Å². The third-order valence-corrected chi connectivity index (χ3v) is 9.12. The first-order valence-corrected chi connectivity index (χ1v) is 12.2. The number of nitrogens with zero attached hydrogens (tertiary/aromatic N) is 1. The molecule has 4 unspecified atom stereocenters. The second kappa shape index (κ2) is 6.88. The van der Waals surface area contributed by atoms with Crippen LogP contribution in [0.2, 0.25) is 0 Å². The summed E-state index contributed by atoms with van der Waals surface area (Å²) in [5.74, 6) is 2.41. The van der Waals surface area contributed by atoms with E-state index in [1.165, 1.54) is 24.8 Å². The summed E-state index contributed by atoms with van der Waals surface area (Å²) in [6, 6.07) is 11.4. The van der Waals surface area contributed by atoms with Crippen molar-refractivity contribution in [1.82, 2.24) is 0 Å². The molecule has 7 rings (SSSR count). The summed E-state index contributed by atoms with van der Waals surface area (Å²) in [5, 5.41) is 0. The molecule has 0 aliphatic heterocycles. The normalized spacial score (nSPS) is 43.7. The molecule has 4 bridgehead atoms. The van der Waals surface area contributed by atoms with Crippen LogP contribution in [0.25, 0.3) is 0 Å². The molecule has 3 heteroatoms. The van der Waals surface area contributed by atoms with E-state index in [1.807, 2.05) is 6.21 Å². The van der Waals surface area contributed by atoms with E-state index in [0.29, 0.717) is 23.8 Å². The Morgan fingerprint density at radius 3 is 2.43 bits per heavy atom. The zero-order chi connectivity index (χ0) is 20.3. The number of benzene rings is 1. The van der Waals surface area contributed by atoms with Gasteiger partial charge in [0.05, 0.1) is 5.41 Å². The van der Waals surface area contributed by atoms with Crippen LogP contribution in [0.15, 0.2) is 47.0 Å². The van der Waals surface area contributed by atoms with Gasteiger partial charge >= 0.3 is 0 Å². The minimum absolute atomic E-state index is 0.179. The van der Waals surface area contributed by atoms with Gasteiger partial charge in [-0.2, -0.15) is 0 Å². The molecular weight excluding hydrogens is 368 g/mol. The van der Waals surface area contributed by atoms with Crippen molar-refractivity contribution in [1.29, 1.82) is 0 Å². The van der Waals surface area contributed by atoms with Crippen LogP contribution < -0.4 is 5.73 Å². The van der Waals surface area contributed by atoms with Gasteiger partial charge in [0.2, 0.25) is 0 Å². The molecular formula is C27H34N2O. The van der Waals surface area contributed by atoms with Crippen LogP contribution >= 0.6 is 0 Å². The van der Waals surface area contributed by atoms with Crippen molar-refractivity contribution in [2.75, 3.05) is 0 Å². The van der Waals surface area contributed by atoms with Crippen LogP contribution in [0.5, 0.6) is 0 Å². The SMILES string of the molecule is NC1CCC(/C=N/C(=O)C23CC4CC(c5ccccc5)(CC2/C4=C\C2CC2)C3)CC1. The van der Waals surface area contributed by atoms with Gasteiger partial charge in [-0.25, -0.2) is 4.99 Å². The standard InChI is InChI=1S/C27H34N2O/c28-22-10-8-19(9-11-22)16-29-25(30)27-14-20-13-26(17-27,21-4-2-1-3-5-21)15-24(27)23(20)12-18-6-7-18/h1-5,12,16,18-20,22,24H,6-11,13-15,17,28H2/b23-12-,29-16+. The Labute approximate surface area is 180 Å². The third-order valence-electron chi connectivity index (χ3n) is 9.12. The fourth-order valence-corrected chi connectivity index (χ4v) is 7.52. The van der Waals surface area contributed by atoms with E-state index < -0.39 is 0 Å². The molecule has 0 saturated heterocycles. The minimum Gasteiger partial charge on any atom is -0.328 e. The first-order chi connectivity index (χ1) is 14.6. The van der Waals surface area contributed by atoms with E-state index >= 15 is 0 Å². The molecule has 0 aromatic heterocycles. The lowest BCUT2D eigenvalue weighted by atomic mass is 9.63. The van der Waals surface area contributed by atoms with Gasteiger partial charge < -0.3 is 5.73 Å². The minimum atomic E-state index is -0.249. The number of nitrogens with two attached hydrogens (primary N) is 1. The number of carbonyl (C=O) groups is 1. The first-order valence-electron chi connectivity index (χ1n) is 12.2. The molecule has 0 radical (unpaired) electrons. The van der Waals surface area contributed by atoms with Crippen LogP contribution in [0.4, 0.5) is 0 Å². The molecule has 4 atom stereocenters. The maximum Gasteiger partial charge on any atom is 0.252 e. The average Bonchev–Trinajstić information content (AvgIpc) is 3.52. The van der Waals surface area contributed by atoms with Crippen LogP contribution in [-0.4, -0.2) is 18.2 Å². The van der Waals surface area contributed by atoms with E-state index in [0.717, 1.165) is 50.9 Å². The van der Waals surface area contributed by atoms with Crippen LogP contribution in [0, 0.1) is 29.1 Å². The number of carbonyl (C=O) groups excluding carboxylic acids is 1. The van der Waals surface area contributed by atoms with Gasteiger partial charge in [0.1, 0.15) is 0 Å². The zero-order valence-electron chi connectivity index (χ0n) is 17.9. The largest absolute Gasteiger partial charge is 0.328 e. The molecule has 1 aromatic carbocycles. The number of allylic oxidation sites excluding steroid dienone is 2. The molecule has 1 aromatic rings. The molecule has 2 N–H and O–H groups in total. The molecule has 6 aliphatic carbocycles. The van der Waals surface area contributed by atoms with Gasteiger partial charge in [-0.05, 0) is 98.9 Å². The predicted molar refractivity (Wildman–Crippen MR) is 120 cm³/mol. The summed E-state index contributed by atoms with van der Waals surface area (Å²) in [4.78, 5) is 18.4. The van der Waals surface area contributed by atoms with E-state index in [9.17, 15) is 4.79 Å². The number of hydrogen-bond acceptors (Lipinski definition) is 2. The first kappa shape index (κ1) is 19.0. The van der Waals surface area contributed by atoms with E-state index in [1.54, 1.807) is 5.57 Å². The highest BCUT2D eigenvalue weighted by atomic mass is 16.1. The van der Waals surface area contributed by atoms with Crippen LogP contribution in [0.3, 0.4) is 0 Å². The predicted octanol–water partition coefficient (Wildman–Crippen LogP) is 5.20. The van der Waals surface area contributed by atoms with E-state index in [-0.39, 0.29) is 16.7 Å². The van der Waals surface area contributed by atoms with Crippen LogP contribution in [-0.2, 0) is 10.2 Å². The summed E-state index contributed by atoms with van der Waals surface area (Å²) >= 11 is 0. The van der Waals surface area contributed by atoms with E-state index in [4.69, 9.17) is 5.73 Å². The maximum absolute atomic E-state index is 13.7.